The number of hydrogen-bond donors (Lipinski definition) is 3. The van der Waals surface area contributed by atoms with Crippen molar-refractivity contribution in [3.63, 3.8) is 0 Å². The molecule has 0 unspecified atom stereocenters. The minimum absolute atomic E-state index is 0.158. The molecule has 1 heterocycles. The van der Waals surface area contributed by atoms with Crippen molar-refractivity contribution in [3.05, 3.63) is 58.6 Å². The summed E-state index contributed by atoms with van der Waals surface area (Å²) in [5.41, 5.74) is 1.22. The van der Waals surface area contributed by atoms with E-state index in [0.717, 1.165) is 0 Å². The van der Waals surface area contributed by atoms with E-state index in [4.69, 9.17) is 28.3 Å². The van der Waals surface area contributed by atoms with Crippen LogP contribution in [0.15, 0.2) is 48.5 Å². The molecular weight excluding hydrogens is 444 g/mol. The maximum absolute atomic E-state index is 12.5. The van der Waals surface area contributed by atoms with Crippen LogP contribution < -0.4 is 15.4 Å². The molecule has 3 N–H and O–H groups in total. The van der Waals surface area contributed by atoms with Crippen molar-refractivity contribution in [1.29, 1.82) is 0 Å². The van der Waals surface area contributed by atoms with Crippen LogP contribution in [0.25, 0.3) is 11.3 Å². The molecule has 0 spiro atoms. The average molecular weight is 459 g/mol. The van der Waals surface area contributed by atoms with E-state index in [1.807, 2.05) is 0 Å². The van der Waals surface area contributed by atoms with Gasteiger partial charge in [-0.15, -0.1) is 13.2 Å². The maximum atomic E-state index is 12.5. The first kappa shape index (κ1) is 21.9. The Morgan fingerprint density at radius 3 is 2.53 bits per heavy atom. The Morgan fingerprint density at radius 1 is 1.03 bits per heavy atom. The lowest BCUT2D eigenvalue weighted by Gasteiger charge is -2.13. The first-order valence-corrected chi connectivity index (χ1v) is 9.31. The van der Waals surface area contributed by atoms with E-state index >= 15 is 0 Å². The van der Waals surface area contributed by atoms with Crippen LogP contribution in [0.1, 0.15) is 0 Å². The van der Waals surface area contributed by atoms with Gasteiger partial charge in [0.15, 0.2) is 0 Å². The second-order valence-corrected chi connectivity index (χ2v) is 6.78. The monoisotopic (exact) mass is 458 g/mol. The zero-order chi connectivity index (χ0) is 21.7. The Morgan fingerprint density at radius 2 is 1.83 bits per heavy atom. The normalized spacial score (nSPS) is 11.3. The topological polar surface area (TPSA) is 79.3 Å². The van der Waals surface area contributed by atoms with E-state index in [2.05, 4.69) is 25.3 Å². The number of aliphatic hydroxyl groups excluding tert-OH is 1. The highest BCUT2D eigenvalue weighted by atomic mass is 35.5. The quantitative estimate of drug-likeness (QED) is 0.433. The summed E-state index contributed by atoms with van der Waals surface area (Å²) in [6.07, 6.45) is -4.81. The van der Waals surface area contributed by atoms with E-state index in [9.17, 15) is 13.2 Å². The number of aromatic nitrogens is 2. The third kappa shape index (κ3) is 6.12. The van der Waals surface area contributed by atoms with Crippen molar-refractivity contribution < 1.29 is 23.0 Å². The van der Waals surface area contributed by atoms with Gasteiger partial charge in [-0.05, 0) is 30.3 Å². The molecule has 30 heavy (non-hydrogen) atoms. The molecule has 0 aliphatic rings. The second-order valence-electron chi connectivity index (χ2n) is 5.94. The van der Waals surface area contributed by atoms with Crippen LogP contribution in [0.5, 0.6) is 5.75 Å². The smallest absolute Gasteiger partial charge is 0.406 e. The van der Waals surface area contributed by atoms with E-state index in [1.54, 1.807) is 30.3 Å². The van der Waals surface area contributed by atoms with Gasteiger partial charge in [0, 0.05) is 23.2 Å². The zero-order valence-electron chi connectivity index (χ0n) is 15.2. The largest absolute Gasteiger partial charge is 0.573 e. The molecule has 0 aliphatic carbocycles. The van der Waals surface area contributed by atoms with Gasteiger partial charge < -0.3 is 20.5 Å². The minimum atomic E-state index is -4.81. The van der Waals surface area contributed by atoms with Gasteiger partial charge in [-0.1, -0.05) is 35.3 Å². The van der Waals surface area contributed by atoms with Crippen molar-refractivity contribution in [2.45, 2.75) is 6.36 Å². The number of benzene rings is 2. The SMILES string of the molecule is OCCNc1nc(Nc2ccc(Cl)cc2Cl)cc(-c2cccc(OC(F)(F)F)c2)n1. The molecule has 11 heteroatoms. The summed E-state index contributed by atoms with van der Waals surface area (Å²) in [6, 6.07) is 11.8. The number of nitrogens with zero attached hydrogens (tertiary/aromatic N) is 2. The summed E-state index contributed by atoms with van der Waals surface area (Å²) in [7, 11) is 0. The van der Waals surface area contributed by atoms with Gasteiger partial charge in [-0.2, -0.15) is 4.98 Å². The summed E-state index contributed by atoms with van der Waals surface area (Å²) >= 11 is 12.1. The van der Waals surface area contributed by atoms with E-state index < -0.39 is 6.36 Å². The molecule has 2 aromatic carbocycles. The number of alkyl halides is 3. The van der Waals surface area contributed by atoms with Gasteiger partial charge in [0.1, 0.15) is 11.6 Å². The molecule has 0 bridgehead atoms. The van der Waals surface area contributed by atoms with Crippen molar-refractivity contribution >= 4 is 40.7 Å². The molecule has 6 nitrogen and oxygen atoms in total. The lowest BCUT2D eigenvalue weighted by molar-refractivity contribution is -0.274. The standard InChI is InChI=1S/C19H15Cl2F3N4O2/c20-12-4-5-15(14(21)9-12)26-17-10-16(27-18(28-17)25-6-7-29)11-2-1-3-13(8-11)30-19(22,23)24/h1-5,8-10,29H,6-7H2,(H2,25,26,27,28). The summed E-state index contributed by atoms with van der Waals surface area (Å²) in [4.78, 5) is 8.58. The second kappa shape index (κ2) is 9.38. The molecule has 0 atom stereocenters. The molecular formula is C19H15Cl2F3N4O2. The molecule has 0 amide bonds. The average Bonchev–Trinajstić information content (AvgIpc) is 2.67. The van der Waals surface area contributed by atoms with Gasteiger partial charge in [-0.3, -0.25) is 0 Å². The number of hydrogen-bond acceptors (Lipinski definition) is 6. The van der Waals surface area contributed by atoms with Crippen molar-refractivity contribution in [3.8, 4) is 17.0 Å². The number of anilines is 3. The highest BCUT2D eigenvalue weighted by Crippen LogP contribution is 2.31. The van der Waals surface area contributed by atoms with E-state index in [1.165, 1.54) is 18.2 Å². The fraction of sp³-hybridized carbons (Fsp3) is 0.158. The van der Waals surface area contributed by atoms with Crippen LogP contribution in [-0.2, 0) is 0 Å². The van der Waals surface area contributed by atoms with E-state index in [-0.39, 0.29) is 24.8 Å². The number of rotatable bonds is 7. The van der Waals surface area contributed by atoms with Crippen LogP contribution in [-0.4, -0.2) is 34.6 Å². The molecule has 0 radical (unpaired) electrons. The minimum Gasteiger partial charge on any atom is -0.406 e. The molecule has 0 aliphatic heterocycles. The first-order chi connectivity index (χ1) is 14.2. The highest BCUT2D eigenvalue weighted by Gasteiger charge is 2.31. The van der Waals surface area contributed by atoms with Crippen LogP contribution in [0.3, 0.4) is 0 Å². The lowest BCUT2D eigenvalue weighted by atomic mass is 10.1. The molecule has 3 rings (SSSR count). The number of nitrogens with one attached hydrogen (secondary N) is 2. The Balaban J connectivity index is 1.97. The Bertz CT molecular complexity index is 1030. The van der Waals surface area contributed by atoms with Crippen LogP contribution >= 0.6 is 23.2 Å². The lowest BCUT2D eigenvalue weighted by Crippen LogP contribution is -2.17. The number of aliphatic hydroxyl groups is 1. The van der Waals surface area contributed by atoms with Gasteiger partial charge in [0.05, 0.1) is 23.0 Å². The summed E-state index contributed by atoms with van der Waals surface area (Å²) in [6.45, 7) is 0.0239. The van der Waals surface area contributed by atoms with Gasteiger partial charge in [0.2, 0.25) is 5.95 Å². The summed E-state index contributed by atoms with van der Waals surface area (Å²) in [5, 5.41) is 15.7. The maximum Gasteiger partial charge on any atom is 0.573 e. The molecule has 0 fully saturated rings. The first-order valence-electron chi connectivity index (χ1n) is 8.55. The summed E-state index contributed by atoms with van der Waals surface area (Å²) in [5.74, 6) is 0.113. The summed E-state index contributed by atoms with van der Waals surface area (Å²) < 4.78 is 41.6. The Kier molecular flexibility index (Phi) is 6.86. The predicted octanol–water partition coefficient (Wildman–Crippen LogP) is 5.50. The van der Waals surface area contributed by atoms with E-state index in [0.29, 0.717) is 32.8 Å². The fourth-order valence-corrected chi connectivity index (χ4v) is 2.94. The predicted molar refractivity (Wildman–Crippen MR) is 109 cm³/mol. The third-order valence-corrected chi connectivity index (χ3v) is 4.23. The van der Waals surface area contributed by atoms with Crippen LogP contribution in [0.2, 0.25) is 10.0 Å². The van der Waals surface area contributed by atoms with Crippen molar-refractivity contribution in [2.75, 3.05) is 23.8 Å². The molecule has 0 saturated carbocycles. The highest BCUT2D eigenvalue weighted by molar-refractivity contribution is 6.36. The van der Waals surface area contributed by atoms with Crippen molar-refractivity contribution in [2.24, 2.45) is 0 Å². The molecule has 1 aromatic heterocycles. The van der Waals surface area contributed by atoms with Crippen LogP contribution in [0, 0.1) is 0 Å². The number of ether oxygens (including phenoxy) is 1. The molecule has 3 aromatic rings. The van der Waals surface area contributed by atoms with Gasteiger partial charge in [-0.25, -0.2) is 4.98 Å². The Hall–Kier alpha value is -2.75. The van der Waals surface area contributed by atoms with Crippen molar-refractivity contribution in [1.82, 2.24) is 9.97 Å². The molecule has 0 saturated heterocycles. The number of halogens is 5. The molecule has 158 valence electrons. The van der Waals surface area contributed by atoms with Gasteiger partial charge in [0.25, 0.3) is 0 Å². The van der Waals surface area contributed by atoms with Crippen LogP contribution in [0.4, 0.5) is 30.6 Å². The zero-order valence-corrected chi connectivity index (χ0v) is 16.7. The Labute approximate surface area is 179 Å². The van der Waals surface area contributed by atoms with Gasteiger partial charge >= 0.3 is 6.36 Å². The third-order valence-electron chi connectivity index (χ3n) is 3.68. The fourth-order valence-electron chi connectivity index (χ4n) is 2.49.